The highest BCUT2D eigenvalue weighted by Gasteiger charge is 2.20. The lowest BCUT2D eigenvalue weighted by Crippen LogP contribution is -2.22. The predicted octanol–water partition coefficient (Wildman–Crippen LogP) is 1.27. The molecule has 1 aliphatic rings. The zero-order valence-corrected chi connectivity index (χ0v) is 6.07. The molecule has 0 aromatic carbocycles. The second kappa shape index (κ2) is 3.37. The summed E-state index contributed by atoms with van der Waals surface area (Å²) in [6, 6.07) is 0. The van der Waals surface area contributed by atoms with Gasteiger partial charge in [0, 0.05) is 25.5 Å². The predicted molar refractivity (Wildman–Crippen MR) is 36.7 cm³/mol. The molecule has 0 saturated carbocycles. The summed E-state index contributed by atoms with van der Waals surface area (Å²) in [5.41, 5.74) is 0. The van der Waals surface area contributed by atoms with Gasteiger partial charge in [-0.25, -0.2) is 4.39 Å². The monoisotopic (exact) mass is 151 g/mol. The third kappa shape index (κ3) is 2.11. The van der Waals surface area contributed by atoms with Gasteiger partial charge in [0.25, 0.3) is 0 Å². The Morgan fingerprint density at radius 2 is 2.44 bits per heavy atom. The van der Waals surface area contributed by atoms with E-state index in [-0.39, 0.29) is 0 Å². The van der Waals surface area contributed by atoms with Crippen molar-refractivity contribution < 1.29 is 4.39 Å². The van der Waals surface area contributed by atoms with Gasteiger partial charge < -0.3 is 0 Å². The molecule has 0 amide bonds. The highest BCUT2D eigenvalue weighted by Crippen LogP contribution is 2.11. The maximum Gasteiger partial charge on any atom is 0.114 e. The van der Waals surface area contributed by atoms with Crippen LogP contribution in [-0.4, -0.2) is 36.6 Å². The molecule has 1 fully saturated rings. The Bertz CT molecular complexity index is 87.1. The summed E-state index contributed by atoms with van der Waals surface area (Å²) >= 11 is 5.47. The number of hydrogen-bond acceptors (Lipinski definition) is 1. The van der Waals surface area contributed by atoms with Gasteiger partial charge in [0.1, 0.15) is 6.17 Å². The molecule has 1 atom stereocenters. The summed E-state index contributed by atoms with van der Waals surface area (Å²) in [7, 11) is 0. The molecule has 0 radical (unpaired) electrons. The molecule has 0 spiro atoms. The van der Waals surface area contributed by atoms with Crippen molar-refractivity contribution in [2.45, 2.75) is 12.6 Å². The summed E-state index contributed by atoms with van der Waals surface area (Å²) < 4.78 is 12.4. The zero-order valence-electron chi connectivity index (χ0n) is 5.32. The average molecular weight is 152 g/mol. The van der Waals surface area contributed by atoms with Crippen molar-refractivity contribution in [2.75, 3.05) is 25.5 Å². The van der Waals surface area contributed by atoms with Crippen LogP contribution < -0.4 is 0 Å². The Hall–Kier alpha value is 0.180. The first-order valence-corrected chi connectivity index (χ1v) is 3.79. The van der Waals surface area contributed by atoms with Crippen molar-refractivity contribution in [1.29, 1.82) is 0 Å². The summed E-state index contributed by atoms with van der Waals surface area (Å²) in [6.07, 6.45) is 0.0879. The minimum Gasteiger partial charge on any atom is -0.299 e. The maximum atomic E-state index is 12.4. The molecule has 0 bridgehead atoms. The fraction of sp³-hybridized carbons (Fsp3) is 1.00. The Morgan fingerprint density at radius 3 is 2.89 bits per heavy atom. The van der Waals surface area contributed by atoms with E-state index in [0.717, 1.165) is 13.1 Å². The SMILES string of the molecule is FC1CCN(CCCl)C1. The highest BCUT2D eigenvalue weighted by atomic mass is 35.5. The summed E-state index contributed by atoms with van der Waals surface area (Å²) in [4.78, 5) is 2.05. The van der Waals surface area contributed by atoms with Crippen LogP contribution in [0.15, 0.2) is 0 Å². The van der Waals surface area contributed by atoms with Crippen molar-refractivity contribution in [2.24, 2.45) is 0 Å². The van der Waals surface area contributed by atoms with Crippen LogP contribution in [0.1, 0.15) is 6.42 Å². The quantitative estimate of drug-likeness (QED) is 0.538. The normalized spacial score (nSPS) is 29.3. The fourth-order valence-electron chi connectivity index (χ4n) is 1.11. The third-order valence-corrected chi connectivity index (χ3v) is 1.78. The maximum absolute atomic E-state index is 12.4. The van der Waals surface area contributed by atoms with Crippen LogP contribution in [0.2, 0.25) is 0 Å². The Labute approximate surface area is 59.8 Å². The second-order valence-electron chi connectivity index (χ2n) is 2.38. The van der Waals surface area contributed by atoms with Gasteiger partial charge in [0.2, 0.25) is 0 Å². The first kappa shape index (κ1) is 7.29. The molecule has 0 aromatic rings. The molecule has 1 aliphatic heterocycles. The molecule has 1 heterocycles. The number of likely N-dealkylation sites (tertiary alicyclic amines) is 1. The third-order valence-electron chi connectivity index (χ3n) is 1.62. The molecule has 1 unspecified atom stereocenters. The van der Waals surface area contributed by atoms with Gasteiger partial charge in [-0.05, 0) is 6.42 Å². The van der Waals surface area contributed by atoms with Crippen LogP contribution in [0.3, 0.4) is 0 Å². The largest absolute Gasteiger partial charge is 0.299 e. The van der Waals surface area contributed by atoms with E-state index >= 15 is 0 Å². The molecular formula is C6H11ClFN. The van der Waals surface area contributed by atoms with Gasteiger partial charge in [-0.2, -0.15) is 0 Å². The second-order valence-corrected chi connectivity index (χ2v) is 2.75. The number of hydrogen-bond donors (Lipinski definition) is 0. The molecule has 0 aromatic heterocycles. The van der Waals surface area contributed by atoms with E-state index in [1.165, 1.54) is 0 Å². The average Bonchev–Trinajstić information content (AvgIpc) is 2.17. The van der Waals surface area contributed by atoms with Gasteiger partial charge in [-0.1, -0.05) is 0 Å². The minimum absolute atomic E-state index is 0.590. The van der Waals surface area contributed by atoms with Gasteiger partial charge in [0.05, 0.1) is 0 Å². The molecule has 0 aliphatic carbocycles. The van der Waals surface area contributed by atoms with E-state index in [2.05, 4.69) is 4.90 Å². The number of halogens is 2. The number of alkyl halides is 2. The van der Waals surface area contributed by atoms with Crippen molar-refractivity contribution in [1.82, 2.24) is 4.90 Å². The van der Waals surface area contributed by atoms with E-state index in [1.54, 1.807) is 0 Å². The Balaban J connectivity index is 2.14. The lowest BCUT2D eigenvalue weighted by Gasteiger charge is -2.10. The van der Waals surface area contributed by atoms with E-state index < -0.39 is 6.17 Å². The molecule has 0 N–H and O–H groups in total. The Kier molecular flexibility index (Phi) is 2.73. The minimum atomic E-state index is -0.604. The van der Waals surface area contributed by atoms with Crippen LogP contribution in [0.25, 0.3) is 0 Å². The lowest BCUT2D eigenvalue weighted by molar-refractivity contribution is 0.299. The van der Waals surface area contributed by atoms with Crippen LogP contribution >= 0.6 is 11.6 Å². The fourth-order valence-corrected chi connectivity index (χ4v) is 1.35. The zero-order chi connectivity index (χ0) is 6.69. The lowest BCUT2D eigenvalue weighted by atomic mass is 10.3. The van der Waals surface area contributed by atoms with Crippen molar-refractivity contribution in [3.05, 3.63) is 0 Å². The molecule has 1 nitrogen and oxygen atoms in total. The molecular weight excluding hydrogens is 141 g/mol. The van der Waals surface area contributed by atoms with Crippen LogP contribution in [0.4, 0.5) is 4.39 Å². The van der Waals surface area contributed by atoms with Crippen LogP contribution in [-0.2, 0) is 0 Å². The molecule has 1 saturated heterocycles. The number of rotatable bonds is 2. The molecule has 54 valence electrons. The van der Waals surface area contributed by atoms with Gasteiger partial charge >= 0.3 is 0 Å². The van der Waals surface area contributed by atoms with Crippen molar-refractivity contribution >= 4 is 11.6 Å². The van der Waals surface area contributed by atoms with Crippen molar-refractivity contribution in [3.8, 4) is 0 Å². The van der Waals surface area contributed by atoms with Crippen LogP contribution in [0, 0.1) is 0 Å². The first-order chi connectivity index (χ1) is 4.33. The first-order valence-electron chi connectivity index (χ1n) is 3.25. The standard InChI is InChI=1S/C6H11ClFN/c7-2-4-9-3-1-6(8)5-9/h6H,1-5H2. The molecule has 3 heteroatoms. The number of nitrogens with zero attached hydrogens (tertiary/aromatic N) is 1. The molecule has 1 rings (SSSR count). The van der Waals surface area contributed by atoms with E-state index in [1.807, 2.05) is 0 Å². The summed E-state index contributed by atoms with van der Waals surface area (Å²) in [6.45, 7) is 2.31. The summed E-state index contributed by atoms with van der Waals surface area (Å²) in [5, 5.41) is 0. The topological polar surface area (TPSA) is 3.24 Å². The van der Waals surface area contributed by atoms with E-state index in [4.69, 9.17) is 11.6 Å². The summed E-state index contributed by atoms with van der Waals surface area (Å²) in [5.74, 6) is 0.618. The van der Waals surface area contributed by atoms with Gasteiger partial charge in [-0.15, -0.1) is 11.6 Å². The highest BCUT2D eigenvalue weighted by molar-refractivity contribution is 6.18. The van der Waals surface area contributed by atoms with Gasteiger partial charge in [0.15, 0.2) is 0 Å². The van der Waals surface area contributed by atoms with E-state index in [0.29, 0.717) is 18.8 Å². The van der Waals surface area contributed by atoms with Crippen LogP contribution in [0.5, 0.6) is 0 Å². The van der Waals surface area contributed by atoms with Crippen molar-refractivity contribution in [3.63, 3.8) is 0 Å². The Morgan fingerprint density at radius 1 is 1.67 bits per heavy atom. The molecule has 9 heavy (non-hydrogen) atoms. The smallest absolute Gasteiger partial charge is 0.114 e. The van der Waals surface area contributed by atoms with E-state index in [9.17, 15) is 4.39 Å². The van der Waals surface area contributed by atoms with Gasteiger partial charge in [-0.3, -0.25) is 4.90 Å².